The molecule has 1 atom stereocenters. The fourth-order valence-corrected chi connectivity index (χ4v) is 4.31. The fraction of sp³-hybridized carbons (Fsp3) is 0.267. The summed E-state index contributed by atoms with van der Waals surface area (Å²) in [5, 5.41) is 11.4. The molecule has 1 heterocycles. The molecule has 1 unspecified atom stereocenters. The lowest BCUT2D eigenvalue weighted by Crippen LogP contribution is -2.29. The SMILES string of the molecule is CCCOc1cccc(C2/C(=C(\O)c3cccc(OC(C)C)c3)C(=O)C(=O)N2c2cccc(OC)c2)c1. The van der Waals surface area contributed by atoms with Crippen LogP contribution in [0.2, 0.25) is 0 Å². The minimum Gasteiger partial charge on any atom is -0.507 e. The Morgan fingerprint density at radius 3 is 2.38 bits per heavy atom. The lowest BCUT2D eigenvalue weighted by atomic mass is 9.95. The van der Waals surface area contributed by atoms with Crippen LogP contribution in [0, 0.1) is 0 Å². The van der Waals surface area contributed by atoms with Crippen LogP contribution in [-0.4, -0.2) is 36.6 Å². The molecule has 0 aromatic heterocycles. The van der Waals surface area contributed by atoms with E-state index >= 15 is 0 Å². The molecule has 192 valence electrons. The average Bonchev–Trinajstić information content (AvgIpc) is 3.17. The Morgan fingerprint density at radius 1 is 0.946 bits per heavy atom. The van der Waals surface area contributed by atoms with Crippen molar-refractivity contribution in [3.05, 3.63) is 89.5 Å². The third-order valence-electron chi connectivity index (χ3n) is 5.90. The Balaban J connectivity index is 1.90. The van der Waals surface area contributed by atoms with Gasteiger partial charge in [0, 0.05) is 17.3 Å². The maximum absolute atomic E-state index is 13.5. The maximum atomic E-state index is 13.5. The number of hydrogen-bond acceptors (Lipinski definition) is 6. The van der Waals surface area contributed by atoms with Crippen molar-refractivity contribution in [3.63, 3.8) is 0 Å². The first-order valence-electron chi connectivity index (χ1n) is 12.3. The third kappa shape index (κ3) is 5.45. The standard InChI is InChI=1S/C30H31NO6/c1-5-15-36-24-13-6-9-20(16-24)27-26(28(32)21-10-7-14-25(17-21)37-19(2)3)29(33)30(34)31(27)22-11-8-12-23(18-22)35-4/h6-14,16-19,27,32H,5,15H2,1-4H3/b28-26+. The van der Waals surface area contributed by atoms with Crippen LogP contribution in [-0.2, 0) is 9.59 Å². The summed E-state index contributed by atoms with van der Waals surface area (Å²) < 4.78 is 16.9. The molecule has 0 bridgehead atoms. The molecule has 0 radical (unpaired) electrons. The zero-order chi connectivity index (χ0) is 26.5. The Kier molecular flexibility index (Phi) is 7.82. The molecule has 1 saturated heterocycles. The number of methoxy groups -OCH3 is 1. The summed E-state index contributed by atoms with van der Waals surface area (Å²) in [6.07, 6.45) is 0.767. The third-order valence-corrected chi connectivity index (χ3v) is 5.90. The van der Waals surface area contributed by atoms with Crippen LogP contribution in [0.3, 0.4) is 0 Å². The van der Waals surface area contributed by atoms with Crippen molar-refractivity contribution in [3.8, 4) is 17.2 Å². The lowest BCUT2D eigenvalue weighted by molar-refractivity contribution is -0.132. The average molecular weight is 502 g/mol. The first kappa shape index (κ1) is 25.8. The van der Waals surface area contributed by atoms with E-state index in [2.05, 4.69) is 0 Å². The van der Waals surface area contributed by atoms with Crippen molar-refractivity contribution in [2.75, 3.05) is 18.6 Å². The predicted molar refractivity (Wildman–Crippen MR) is 142 cm³/mol. The molecule has 1 fully saturated rings. The molecule has 7 nitrogen and oxygen atoms in total. The van der Waals surface area contributed by atoms with Gasteiger partial charge in [0.05, 0.1) is 31.4 Å². The molecule has 4 rings (SSSR count). The largest absolute Gasteiger partial charge is 0.507 e. The summed E-state index contributed by atoms with van der Waals surface area (Å²) in [5.74, 6) is -0.0929. The van der Waals surface area contributed by atoms with Gasteiger partial charge in [0.25, 0.3) is 11.7 Å². The number of nitrogens with zero attached hydrogens (tertiary/aromatic N) is 1. The molecule has 3 aromatic rings. The molecule has 1 amide bonds. The topological polar surface area (TPSA) is 85.3 Å². The lowest BCUT2D eigenvalue weighted by Gasteiger charge is -2.26. The van der Waals surface area contributed by atoms with Crippen molar-refractivity contribution < 1.29 is 28.9 Å². The number of amides is 1. The van der Waals surface area contributed by atoms with Gasteiger partial charge in [-0.2, -0.15) is 0 Å². The van der Waals surface area contributed by atoms with Crippen molar-refractivity contribution in [1.29, 1.82) is 0 Å². The zero-order valence-electron chi connectivity index (χ0n) is 21.4. The summed E-state index contributed by atoms with van der Waals surface area (Å²) >= 11 is 0. The molecule has 1 aliphatic rings. The van der Waals surface area contributed by atoms with Gasteiger partial charge in [-0.05, 0) is 62.2 Å². The van der Waals surface area contributed by atoms with Gasteiger partial charge in [-0.1, -0.05) is 37.3 Å². The second kappa shape index (κ2) is 11.2. The molecule has 0 saturated carbocycles. The van der Waals surface area contributed by atoms with E-state index in [1.807, 2.05) is 39.0 Å². The molecule has 1 N–H and O–H groups in total. The minimum absolute atomic E-state index is 0.0119. The Morgan fingerprint density at radius 2 is 1.65 bits per heavy atom. The van der Waals surface area contributed by atoms with Crippen LogP contribution >= 0.6 is 0 Å². The maximum Gasteiger partial charge on any atom is 0.300 e. The van der Waals surface area contributed by atoms with E-state index in [1.165, 1.54) is 12.0 Å². The normalized spacial score (nSPS) is 16.8. The Hall–Kier alpha value is -4.26. The summed E-state index contributed by atoms with van der Waals surface area (Å²) in [6, 6.07) is 20.1. The Bertz CT molecular complexity index is 1330. The number of benzene rings is 3. The van der Waals surface area contributed by atoms with E-state index in [-0.39, 0.29) is 17.4 Å². The van der Waals surface area contributed by atoms with Gasteiger partial charge in [0.15, 0.2) is 0 Å². The molecule has 0 spiro atoms. The minimum atomic E-state index is -0.882. The molecule has 1 aliphatic heterocycles. The summed E-state index contributed by atoms with van der Waals surface area (Å²) in [5.41, 5.74) is 1.47. The Labute approximate surface area is 216 Å². The van der Waals surface area contributed by atoms with E-state index < -0.39 is 17.7 Å². The smallest absolute Gasteiger partial charge is 0.300 e. The van der Waals surface area contributed by atoms with Gasteiger partial charge in [-0.15, -0.1) is 0 Å². The van der Waals surface area contributed by atoms with Gasteiger partial charge < -0.3 is 19.3 Å². The van der Waals surface area contributed by atoms with Crippen LogP contribution in [0.5, 0.6) is 17.2 Å². The number of Topliss-reactive ketones (excluding diaryl/α,β-unsaturated/α-hetero) is 1. The zero-order valence-corrected chi connectivity index (χ0v) is 21.4. The second-order valence-corrected chi connectivity index (χ2v) is 8.99. The van der Waals surface area contributed by atoms with Crippen molar-refractivity contribution >= 4 is 23.1 Å². The van der Waals surface area contributed by atoms with Crippen LogP contribution in [0.4, 0.5) is 5.69 Å². The fourth-order valence-electron chi connectivity index (χ4n) is 4.31. The predicted octanol–water partition coefficient (Wildman–Crippen LogP) is 5.90. The van der Waals surface area contributed by atoms with E-state index in [1.54, 1.807) is 54.6 Å². The highest BCUT2D eigenvalue weighted by Gasteiger charge is 2.47. The molecular formula is C30H31NO6. The molecular weight excluding hydrogens is 470 g/mol. The molecule has 37 heavy (non-hydrogen) atoms. The van der Waals surface area contributed by atoms with Crippen LogP contribution < -0.4 is 19.1 Å². The monoisotopic (exact) mass is 501 g/mol. The second-order valence-electron chi connectivity index (χ2n) is 8.99. The molecule has 7 heteroatoms. The van der Waals surface area contributed by atoms with E-state index in [9.17, 15) is 14.7 Å². The van der Waals surface area contributed by atoms with Crippen molar-refractivity contribution in [2.24, 2.45) is 0 Å². The van der Waals surface area contributed by atoms with Gasteiger partial charge in [-0.3, -0.25) is 14.5 Å². The number of carbonyl (C=O) groups excluding carboxylic acids is 2. The number of rotatable bonds is 9. The number of aliphatic hydroxyl groups excluding tert-OH is 1. The highest BCUT2D eigenvalue weighted by molar-refractivity contribution is 6.51. The molecule has 3 aromatic carbocycles. The van der Waals surface area contributed by atoms with Gasteiger partial charge in [0.1, 0.15) is 23.0 Å². The number of anilines is 1. The van der Waals surface area contributed by atoms with Crippen LogP contribution in [0.1, 0.15) is 44.4 Å². The van der Waals surface area contributed by atoms with E-state index in [0.717, 1.165) is 6.42 Å². The summed E-state index contributed by atoms with van der Waals surface area (Å²) in [6.45, 7) is 6.35. The summed E-state index contributed by atoms with van der Waals surface area (Å²) in [4.78, 5) is 28.3. The van der Waals surface area contributed by atoms with E-state index in [4.69, 9.17) is 14.2 Å². The van der Waals surface area contributed by atoms with Crippen molar-refractivity contribution in [2.45, 2.75) is 39.3 Å². The highest BCUT2D eigenvalue weighted by Crippen LogP contribution is 2.43. The quantitative estimate of drug-likeness (QED) is 0.223. The van der Waals surface area contributed by atoms with Gasteiger partial charge >= 0.3 is 0 Å². The summed E-state index contributed by atoms with van der Waals surface area (Å²) in [7, 11) is 1.53. The number of ether oxygens (including phenoxy) is 3. The highest BCUT2D eigenvalue weighted by atomic mass is 16.5. The first-order valence-corrected chi connectivity index (χ1v) is 12.3. The molecule has 0 aliphatic carbocycles. The number of ketones is 1. The van der Waals surface area contributed by atoms with Crippen LogP contribution in [0.15, 0.2) is 78.4 Å². The van der Waals surface area contributed by atoms with Crippen LogP contribution in [0.25, 0.3) is 5.76 Å². The number of carbonyl (C=O) groups is 2. The van der Waals surface area contributed by atoms with Crippen molar-refractivity contribution in [1.82, 2.24) is 0 Å². The van der Waals surface area contributed by atoms with E-state index in [0.29, 0.717) is 40.7 Å². The number of hydrogen-bond donors (Lipinski definition) is 1. The number of aliphatic hydroxyl groups is 1. The first-order chi connectivity index (χ1) is 17.8. The van der Waals surface area contributed by atoms with Gasteiger partial charge in [-0.25, -0.2) is 0 Å². The van der Waals surface area contributed by atoms with Gasteiger partial charge in [0.2, 0.25) is 0 Å².